The molecule has 1 heterocycles. The van der Waals surface area contributed by atoms with Crippen molar-refractivity contribution in [1.82, 2.24) is 4.90 Å². The lowest BCUT2D eigenvalue weighted by Gasteiger charge is -2.48. The van der Waals surface area contributed by atoms with E-state index in [1.54, 1.807) is 24.3 Å². The third-order valence-corrected chi connectivity index (χ3v) is 8.41. The van der Waals surface area contributed by atoms with Gasteiger partial charge < -0.3 is 5.73 Å². The molecule has 0 saturated carbocycles. The Kier molecular flexibility index (Phi) is 4.63. The number of nitrogens with zero attached hydrogens (tertiary/aromatic N) is 1. The summed E-state index contributed by atoms with van der Waals surface area (Å²) < 4.78 is 28.0. The average Bonchev–Trinajstić information content (AvgIpc) is 2.68. The van der Waals surface area contributed by atoms with Crippen LogP contribution in [0.2, 0.25) is 0 Å². The second-order valence-corrected chi connectivity index (χ2v) is 9.59. The summed E-state index contributed by atoms with van der Waals surface area (Å²) >= 11 is 0. The third-order valence-electron chi connectivity index (χ3n) is 5.95. The summed E-state index contributed by atoms with van der Waals surface area (Å²) in [4.78, 5) is 1.62. The Labute approximate surface area is 155 Å². The molecule has 2 N–H and O–H groups in total. The summed E-state index contributed by atoms with van der Waals surface area (Å²) in [7, 11) is -3.57. The zero-order valence-corrected chi connectivity index (χ0v) is 15.8. The molecule has 1 atom stereocenters. The molecule has 5 heteroatoms. The van der Waals surface area contributed by atoms with Crippen LogP contribution < -0.4 is 5.73 Å². The number of nitrogens with two attached hydrogens (primary N) is 1. The van der Waals surface area contributed by atoms with Crippen molar-refractivity contribution in [3.05, 3.63) is 65.7 Å². The number of benzene rings is 2. The Morgan fingerprint density at radius 3 is 2.35 bits per heavy atom. The maximum Gasteiger partial charge on any atom is 0.201 e. The van der Waals surface area contributed by atoms with Crippen molar-refractivity contribution in [3.63, 3.8) is 0 Å². The molecule has 0 radical (unpaired) electrons. The SMILES string of the molecule is NC1CCN(C2(S(=O)(=O)c3ccccc3)CCCc3ccccc32)CC1. The quantitative estimate of drug-likeness (QED) is 0.902. The van der Waals surface area contributed by atoms with Gasteiger partial charge in [-0.15, -0.1) is 0 Å². The third kappa shape index (κ3) is 2.70. The molecule has 4 nitrogen and oxygen atoms in total. The molecule has 1 fully saturated rings. The number of aryl methyl sites for hydroxylation is 1. The Morgan fingerprint density at radius 1 is 0.962 bits per heavy atom. The zero-order valence-electron chi connectivity index (χ0n) is 15.0. The second-order valence-electron chi connectivity index (χ2n) is 7.44. The number of hydrogen-bond acceptors (Lipinski definition) is 4. The van der Waals surface area contributed by atoms with Crippen LogP contribution in [-0.2, 0) is 21.1 Å². The van der Waals surface area contributed by atoms with E-state index in [4.69, 9.17) is 5.73 Å². The lowest BCUT2D eigenvalue weighted by molar-refractivity contribution is 0.105. The van der Waals surface area contributed by atoms with Gasteiger partial charge >= 0.3 is 0 Å². The number of hydrogen-bond donors (Lipinski definition) is 1. The summed E-state index contributed by atoms with van der Waals surface area (Å²) in [6.45, 7) is 1.45. The van der Waals surface area contributed by atoms with E-state index < -0.39 is 14.7 Å². The van der Waals surface area contributed by atoms with E-state index in [0.29, 0.717) is 11.3 Å². The number of fused-ring (bicyclic) bond motifs is 1. The van der Waals surface area contributed by atoms with E-state index in [1.807, 2.05) is 24.3 Å². The van der Waals surface area contributed by atoms with Crippen molar-refractivity contribution in [1.29, 1.82) is 0 Å². The molecule has 26 heavy (non-hydrogen) atoms. The van der Waals surface area contributed by atoms with Gasteiger partial charge in [0.2, 0.25) is 9.84 Å². The Morgan fingerprint density at radius 2 is 1.62 bits per heavy atom. The monoisotopic (exact) mass is 370 g/mol. The van der Waals surface area contributed by atoms with Crippen LogP contribution in [0.25, 0.3) is 0 Å². The summed E-state index contributed by atoms with van der Waals surface area (Å²) in [5, 5.41) is 0. The topological polar surface area (TPSA) is 63.4 Å². The molecule has 0 aromatic heterocycles. The number of rotatable bonds is 3. The molecule has 2 aliphatic rings. The Hall–Kier alpha value is -1.69. The largest absolute Gasteiger partial charge is 0.328 e. The fourth-order valence-corrected chi connectivity index (χ4v) is 6.93. The zero-order chi connectivity index (χ0) is 18.2. The minimum absolute atomic E-state index is 0.168. The highest BCUT2D eigenvalue weighted by Crippen LogP contribution is 2.47. The van der Waals surface area contributed by atoms with Crippen LogP contribution in [-0.4, -0.2) is 32.4 Å². The van der Waals surface area contributed by atoms with Crippen LogP contribution >= 0.6 is 0 Å². The van der Waals surface area contributed by atoms with E-state index in [2.05, 4.69) is 11.0 Å². The lowest BCUT2D eigenvalue weighted by Crippen LogP contribution is -2.57. The highest BCUT2D eigenvalue weighted by molar-refractivity contribution is 7.92. The van der Waals surface area contributed by atoms with Gasteiger partial charge in [0.1, 0.15) is 0 Å². The van der Waals surface area contributed by atoms with Crippen molar-refractivity contribution >= 4 is 9.84 Å². The van der Waals surface area contributed by atoms with Crippen LogP contribution in [0.5, 0.6) is 0 Å². The van der Waals surface area contributed by atoms with Gasteiger partial charge in [0.05, 0.1) is 4.90 Å². The maximum absolute atomic E-state index is 14.0. The first-order valence-corrected chi connectivity index (χ1v) is 10.9. The molecular formula is C21H26N2O2S. The summed E-state index contributed by atoms with van der Waals surface area (Å²) in [6.07, 6.45) is 4.14. The van der Waals surface area contributed by atoms with Gasteiger partial charge in [-0.2, -0.15) is 0 Å². The summed E-state index contributed by atoms with van der Waals surface area (Å²) in [5.41, 5.74) is 8.23. The first kappa shape index (κ1) is 17.7. The molecule has 2 aromatic carbocycles. The number of likely N-dealkylation sites (tertiary alicyclic amines) is 1. The van der Waals surface area contributed by atoms with Crippen molar-refractivity contribution in [2.45, 2.75) is 47.9 Å². The summed E-state index contributed by atoms with van der Waals surface area (Å²) in [5.74, 6) is 0. The second kappa shape index (κ2) is 6.80. The Bertz CT molecular complexity index is 874. The molecule has 0 amide bonds. The predicted octanol–water partition coefficient (Wildman–Crippen LogP) is 3.07. The van der Waals surface area contributed by atoms with Gasteiger partial charge in [0, 0.05) is 19.1 Å². The van der Waals surface area contributed by atoms with Crippen molar-refractivity contribution < 1.29 is 8.42 Å². The van der Waals surface area contributed by atoms with E-state index >= 15 is 0 Å². The van der Waals surface area contributed by atoms with Gasteiger partial charge in [-0.3, -0.25) is 4.90 Å². The molecule has 138 valence electrons. The van der Waals surface area contributed by atoms with Crippen LogP contribution in [0.15, 0.2) is 59.5 Å². The highest BCUT2D eigenvalue weighted by Gasteiger charge is 2.53. The number of piperidine rings is 1. The fraction of sp³-hybridized carbons (Fsp3) is 0.429. The lowest BCUT2D eigenvalue weighted by atomic mass is 9.85. The van der Waals surface area contributed by atoms with Crippen molar-refractivity contribution in [3.8, 4) is 0 Å². The molecule has 0 bridgehead atoms. The molecule has 1 aliphatic carbocycles. The standard InChI is InChI=1S/C21H26N2O2S/c22-18-12-15-23(16-13-18)21(26(24,25)19-9-2-1-3-10-19)14-6-8-17-7-4-5-11-20(17)21/h1-5,7,9-11,18H,6,8,12-16,22H2. The van der Waals surface area contributed by atoms with Crippen LogP contribution in [0.1, 0.15) is 36.8 Å². The first-order valence-electron chi connectivity index (χ1n) is 9.44. The van der Waals surface area contributed by atoms with Gasteiger partial charge in [-0.1, -0.05) is 42.5 Å². The maximum atomic E-state index is 14.0. The highest BCUT2D eigenvalue weighted by atomic mass is 32.2. The fourth-order valence-electron chi connectivity index (χ4n) is 4.61. The van der Waals surface area contributed by atoms with Crippen molar-refractivity contribution in [2.75, 3.05) is 13.1 Å². The summed E-state index contributed by atoms with van der Waals surface area (Å²) in [6, 6.07) is 17.2. The Balaban J connectivity index is 1.92. The molecule has 1 aliphatic heterocycles. The predicted molar refractivity (Wildman–Crippen MR) is 103 cm³/mol. The molecule has 1 unspecified atom stereocenters. The average molecular weight is 371 g/mol. The minimum atomic E-state index is -3.57. The molecular weight excluding hydrogens is 344 g/mol. The minimum Gasteiger partial charge on any atom is -0.328 e. The van der Waals surface area contributed by atoms with Gasteiger partial charge in [0.25, 0.3) is 0 Å². The van der Waals surface area contributed by atoms with Crippen LogP contribution in [0.4, 0.5) is 0 Å². The normalized spacial score (nSPS) is 25.0. The molecule has 0 spiro atoms. The van der Waals surface area contributed by atoms with Gasteiger partial charge in [-0.25, -0.2) is 8.42 Å². The molecule has 2 aromatic rings. The molecule has 1 saturated heterocycles. The van der Waals surface area contributed by atoms with Gasteiger partial charge in [-0.05, 0) is 55.4 Å². The molecule has 4 rings (SSSR count). The smallest absolute Gasteiger partial charge is 0.201 e. The first-order chi connectivity index (χ1) is 12.6. The van der Waals surface area contributed by atoms with E-state index in [0.717, 1.165) is 49.9 Å². The van der Waals surface area contributed by atoms with E-state index in [9.17, 15) is 8.42 Å². The van der Waals surface area contributed by atoms with Crippen molar-refractivity contribution in [2.24, 2.45) is 5.73 Å². The number of sulfone groups is 1. The van der Waals surface area contributed by atoms with Crippen LogP contribution in [0, 0.1) is 0 Å². The van der Waals surface area contributed by atoms with E-state index in [-0.39, 0.29) is 6.04 Å². The van der Waals surface area contributed by atoms with E-state index in [1.165, 1.54) is 0 Å². The van der Waals surface area contributed by atoms with Crippen LogP contribution in [0.3, 0.4) is 0 Å². The van der Waals surface area contributed by atoms with Gasteiger partial charge in [0.15, 0.2) is 4.87 Å².